The number of esters is 1. The SMILES string of the molecule is C=C(C)C(=O)OCCO.C=CCC(=O)O. The largest absolute Gasteiger partial charge is 0.481 e. The van der Waals surface area contributed by atoms with E-state index >= 15 is 0 Å². The van der Waals surface area contributed by atoms with Crippen molar-refractivity contribution in [2.24, 2.45) is 0 Å². The first-order valence-electron chi connectivity index (χ1n) is 4.21. The summed E-state index contributed by atoms with van der Waals surface area (Å²) in [4.78, 5) is 20.0. The van der Waals surface area contributed by atoms with Crippen LogP contribution in [-0.4, -0.2) is 35.4 Å². The molecule has 0 aromatic carbocycles. The molecule has 0 fully saturated rings. The highest BCUT2D eigenvalue weighted by atomic mass is 16.5. The first-order valence-corrected chi connectivity index (χ1v) is 4.21. The third-order valence-corrected chi connectivity index (χ3v) is 0.992. The minimum atomic E-state index is -0.829. The van der Waals surface area contributed by atoms with Crippen LogP contribution in [0.4, 0.5) is 0 Å². The molecule has 0 spiro atoms. The number of aliphatic carboxylic acids is 1. The van der Waals surface area contributed by atoms with E-state index < -0.39 is 11.9 Å². The molecule has 15 heavy (non-hydrogen) atoms. The number of rotatable bonds is 5. The molecule has 0 bridgehead atoms. The molecule has 86 valence electrons. The van der Waals surface area contributed by atoms with E-state index in [0.29, 0.717) is 5.57 Å². The first kappa shape index (κ1) is 15.8. The maximum Gasteiger partial charge on any atom is 0.333 e. The van der Waals surface area contributed by atoms with Crippen LogP contribution in [0.5, 0.6) is 0 Å². The fraction of sp³-hybridized carbons (Fsp3) is 0.400. The van der Waals surface area contributed by atoms with Gasteiger partial charge in [0.05, 0.1) is 13.0 Å². The van der Waals surface area contributed by atoms with E-state index in [-0.39, 0.29) is 19.6 Å². The number of aliphatic hydroxyl groups is 1. The minimum absolute atomic E-state index is 0.0473. The molecular formula is C10H16O5. The fourth-order valence-corrected chi connectivity index (χ4v) is 0.385. The molecule has 0 heterocycles. The van der Waals surface area contributed by atoms with Crippen molar-refractivity contribution in [3.05, 3.63) is 24.8 Å². The smallest absolute Gasteiger partial charge is 0.333 e. The molecule has 0 radical (unpaired) electrons. The third kappa shape index (κ3) is 15.2. The van der Waals surface area contributed by atoms with Gasteiger partial charge < -0.3 is 14.9 Å². The second kappa shape index (κ2) is 10.5. The summed E-state index contributed by atoms with van der Waals surface area (Å²) in [5.74, 6) is -1.28. The van der Waals surface area contributed by atoms with Crippen molar-refractivity contribution in [1.29, 1.82) is 0 Å². The molecule has 0 atom stereocenters. The number of carbonyl (C=O) groups excluding carboxylic acids is 1. The lowest BCUT2D eigenvalue weighted by atomic mass is 10.4. The van der Waals surface area contributed by atoms with Gasteiger partial charge in [-0.15, -0.1) is 6.58 Å². The lowest BCUT2D eigenvalue weighted by Gasteiger charge is -1.99. The maximum absolute atomic E-state index is 10.5. The lowest BCUT2D eigenvalue weighted by Crippen LogP contribution is -2.08. The van der Waals surface area contributed by atoms with Gasteiger partial charge in [0.1, 0.15) is 6.61 Å². The Hall–Kier alpha value is -1.62. The molecule has 2 N–H and O–H groups in total. The van der Waals surface area contributed by atoms with Crippen molar-refractivity contribution in [1.82, 2.24) is 0 Å². The van der Waals surface area contributed by atoms with Gasteiger partial charge in [0.2, 0.25) is 0 Å². The Balaban J connectivity index is 0. The van der Waals surface area contributed by atoms with Crippen molar-refractivity contribution in [2.45, 2.75) is 13.3 Å². The average Bonchev–Trinajstić information content (AvgIpc) is 2.14. The van der Waals surface area contributed by atoms with E-state index in [4.69, 9.17) is 10.2 Å². The highest BCUT2D eigenvalue weighted by molar-refractivity contribution is 5.86. The Kier molecular flexibility index (Phi) is 11.0. The van der Waals surface area contributed by atoms with E-state index in [1.165, 1.54) is 6.08 Å². The summed E-state index contributed by atoms with van der Waals surface area (Å²) < 4.78 is 4.46. The number of carboxylic acid groups (broad SMARTS) is 1. The lowest BCUT2D eigenvalue weighted by molar-refractivity contribution is -0.140. The summed E-state index contributed by atoms with van der Waals surface area (Å²) in [5, 5.41) is 16.0. The van der Waals surface area contributed by atoms with Crippen LogP contribution in [0.1, 0.15) is 13.3 Å². The van der Waals surface area contributed by atoms with E-state index in [2.05, 4.69) is 17.9 Å². The number of ether oxygens (including phenoxy) is 1. The molecule has 5 heteroatoms. The molecule has 0 saturated carbocycles. The number of carboxylic acids is 1. The quantitative estimate of drug-likeness (QED) is 0.402. The van der Waals surface area contributed by atoms with E-state index in [0.717, 1.165) is 0 Å². The van der Waals surface area contributed by atoms with E-state index in [1.807, 2.05) is 0 Å². The highest BCUT2D eigenvalue weighted by Gasteiger charge is 1.99. The number of carbonyl (C=O) groups is 2. The zero-order valence-corrected chi connectivity index (χ0v) is 8.73. The minimum Gasteiger partial charge on any atom is -0.481 e. The van der Waals surface area contributed by atoms with Gasteiger partial charge >= 0.3 is 11.9 Å². The maximum atomic E-state index is 10.5. The van der Waals surface area contributed by atoms with Gasteiger partial charge in [-0.2, -0.15) is 0 Å². The predicted molar refractivity (Wildman–Crippen MR) is 55.3 cm³/mol. The van der Waals surface area contributed by atoms with Crippen LogP contribution in [0.25, 0.3) is 0 Å². The van der Waals surface area contributed by atoms with Crippen molar-refractivity contribution < 1.29 is 24.5 Å². The van der Waals surface area contributed by atoms with Crippen molar-refractivity contribution >= 4 is 11.9 Å². The normalized spacial score (nSPS) is 8.13. The molecule has 0 saturated heterocycles. The Morgan fingerprint density at radius 2 is 2.00 bits per heavy atom. The van der Waals surface area contributed by atoms with Crippen molar-refractivity contribution in [2.75, 3.05) is 13.2 Å². The molecule has 0 rings (SSSR count). The molecule has 0 aliphatic rings. The second-order valence-corrected chi connectivity index (χ2v) is 2.53. The van der Waals surface area contributed by atoms with Gasteiger partial charge in [-0.3, -0.25) is 4.79 Å². The Morgan fingerprint density at radius 3 is 2.20 bits per heavy atom. The van der Waals surface area contributed by atoms with Gasteiger partial charge in [0.15, 0.2) is 0 Å². The van der Waals surface area contributed by atoms with Gasteiger partial charge in [-0.05, 0) is 6.92 Å². The van der Waals surface area contributed by atoms with Crippen molar-refractivity contribution in [3.63, 3.8) is 0 Å². The molecule has 0 aromatic rings. The summed E-state index contributed by atoms with van der Waals surface area (Å²) in [6.07, 6.45) is 1.41. The predicted octanol–water partition coefficient (Wildman–Crippen LogP) is 0.745. The van der Waals surface area contributed by atoms with Crippen LogP contribution >= 0.6 is 0 Å². The molecular weight excluding hydrogens is 200 g/mol. The Morgan fingerprint density at radius 1 is 1.47 bits per heavy atom. The van der Waals surface area contributed by atoms with Gasteiger partial charge in [-0.25, -0.2) is 4.79 Å². The zero-order valence-electron chi connectivity index (χ0n) is 8.73. The van der Waals surface area contributed by atoms with Crippen LogP contribution in [0.2, 0.25) is 0 Å². The van der Waals surface area contributed by atoms with Crippen LogP contribution in [0.15, 0.2) is 24.8 Å². The summed E-state index contributed by atoms with van der Waals surface area (Å²) in [6.45, 7) is 8.03. The molecule has 5 nitrogen and oxygen atoms in total. The van der Waals surface area contributed by atoms with Gasteiger partial charge in [0.25, 0.3) is 0 Å². The number of hydrogen-bond acceptors (Lipinski definition) is 4. The first-order chi connectivity index (χ1) is 6.95. The average molecular weight is 216 g/mol. The summed E-state index contributed by atoms with van der Waals surface area (Å²) >= 11 is 0. The molecule has 0 aliphatic carbocycles. The Labute approximate surface area is 88.7 Å². The monoisotopic (exact) mass is 216 g/mol. The standard InChI is InChI=1S/C6H10O3.C4H6O2/c1-5(2)6(8)9-4-3-7;1-2-3-4(5)6/h7H,1,3-4H2,2H3;2H,1,3H2,(H,5,6). The highest BCUT2D eigenvalue weighted by Crippen LogP contribution is 1.89. The topological polar surface area (TPSA) is 83.8 Å². The van der Waals surface area contributed by atoms with Crippen LogP contribution in [0, 0.1) is 0 Å². The summed E-state index contributed by atoms with van der Waals surface area (Å²) in [7, 11) is 0. The number of aliphatic hydroxyl groups excluding tert-OH is 1. The second-order valence-electron chi connectivity index (χ2n) is 2.53. The Bertz CT molecular complexity index is 232. The summed E-state index contributed by atoms with van der Waals surface area (Å²) in [5.41, 5.74) is 0.350. The van der Waals surface area contributed by atoms with Crippen LogP contribution in [0.3, 0.4) is 0 Å². The van der Waals surface area contributed by atoms with Crippen LogP contribution in [-0.2, 0) is 14.3 Å². The van der Waals surface area contributed by atoms with E-state index in [1.54, 1.807) is 6.92 Å². The molecule has 0 aliphatic heterocycles. The fourth-order valence-electron chi connectivity index (χ4n) is 0.385. The van der Waals surface area contributed by atoms with E-state index in [9.17, 15) is 9.59 Å². The third-order valence-electron chi connectivity index (χ3n) is 0.992. The van der Waals surface area contributed by atoms with Crippen LogP contribution < -0.4 is 0 Å². The molecule has 0 aromatic heterocycles. The molecule has 0 amide bonds. The number of hydrogen-bond donors (Lipinski definition) is 2. The van der Waals surface area contributed by atoms with Gasteiger partial charge in [-0.1, -0.05) is 12.7 Å². The zero-order chi connectivity index (χ0) is 12.3. The van der Waals surface area contributed by atoms with Gasteiger partial charge in [0, 0.05) is 5.57 Å². The summed E-state index contributed by atoms with van der Waals surface area (Å²) in [6, 6.07) is 0. The van der Waals surface area contributed by atoms with Crippen molar-refractivity contribution in [3.8, 4) is 0 Å². The molecule has 0 unspecified atom stereocenters.